The number of amides is 1. The van der Waals surface area contributed by atoms with Crippen molar-refractivity contribution in [2.45, 2.75) is 25.1 Å². The first-order chi connectivity index (χ1) is 11.8. The Bertz CT molecular complexity index is 744. The van der Waals surface area contributed by atoms with Crippen molar-refractivity contribution in [1.82, 2.24) is 9.88 Å². The molecule has 1 saturated heterocycles. The number of thiazole rings is 1. The van der Waals surface area contributed by atoms with E-state index in [0.717, 1.165) is 12.1 Å². The first-order valence-electron chi connectivity index (χ1n) is 7.57. The molecule has 0 atom stereocenters. The van der Waals surface area contributed by atoms with Crippen LogP contribution in [0.5, 0.6) is 5.75 Å². The van der Waals surface area contributed by atoms with Crippen LogP contribution < -0.4 is 4.74 Å². The number of ether oxygens (including phenoxy) is 1. The fraction of sp³-hybridized carbons (Fsp3) is 0.375. The number of hydrogen-bond donors (Lipinski definition) is 0. The van der Waals surface area contributed by atoms with Gasteiger partial charge in [-0.25, -0.2) is 4.98 Å². The quantitative estimate of drug-likeness (QED) is 0.545. The van der Waals surface area contributed by atoms with E-state index in [1.54, 1.807) is 5.38 Å². The van der Waals surface area contributed by atoms with E-state index in [9.17, 15) is 18.0 Å². The number of carbonyl (C=O) groups excluding carboxylic acids is 1. The molecule has 25 heavy (non-hydrogen) atoms. The average Bonchev–Trinajstić information content (AvgIpc) is 3.09. The Morgan fingerprint density at radius 3 is 2.60 bits per heavy atom. The molecule has 134 valence electrons. The number of carbonyl (C=O) groups is 1. The van der Waals surface area contributed by atoms with Gasteiger partial charge in [-0.1, -0.05) is 0 Å². The van der Waals surface area contributed by atoms with Crippen LogP contribution in [0.25, 0.3) is 10.6 Å². The summed E-state index contributed by atoms with van der Waals surface area (Å²) in [4.78, 5) is 16.8. The summed E-state index contributed by atoms with van der Waals surface area (Å²) in [5.74, 6) is 0.360. The van der Waals surface area contributed by atoms with Gasteiger partial charge in [0, 0.05) is 37.5 Å². The fourth-order valence-corrected chi connectivity index (χ4v) is 3.49. The van der Waals surface area contributed by atoms with Crippen molar-refractivity contribution < 1.29 is 22.7 Å². The number of aromatic nitrogens is 1. The highest BCUT2D eigenvalue weighted by atomic mass is 35.5. The van der Waals surface area contributed by atoms with E-state index < -0.39 is 17.1 Å². The normalized spacial score (nSPS) is 16.1. The first kappa shape index (κ1) is 18.0. The number of hydrogen-bond acceptors (Lipinski definition) is 4. The Morgan fingerprint density at radius 1 is 1.32 bits per heavy atom. The zero-order chi connectivity index (χ0) is 18.0. The molecule has 1 aromatic heterocycles. The summed E-state index contributed by atoms with van der Waals surface area (Å²) in [7, 11) is 0. The van der Waals surface area contributed by atoms with E-state index in [1.165, 1.54) is 28.5 Å². The Labute approximate surface area is 151 Å². The van der Waals surface area contributed by atoms with Crippen molar-refractivity contribution in [1.29, 1.82) is 0 Å². The summed E-state index contributed by atoms with van der Waals surface area (Å²) in [5.41, 5.74) is -0.423. The Morgan fingerprint density at radius 2 is 2.04 bits per heavy atom. The van der Waals surface area contributed by atoms with Gasteiger partial charge in [-0.05, 0) is 29.8 Å². The van der Waals surface area contributed by atoms with E-state index in [2.05, 4.69) is 4.98 Å². The van der Waals surface area contributed by atoms with Crippen LogP contribution >= 0.6 is 22.9 Å². The zero-order valence-corrected chi connectivity index (χ0v) is 14.5. The molecule has 9 heteroatoms. The number of benzene rings is 1. The van der Waals surface area contributed by atoms with E-state index in [-0.39, 0.29) is 6.10 Å². The molecular weight excluding hydrogens is 377 g/mol. The van der Waals surface area contributed by atoms with Crippen LogP contribution in [0.4, 0.5) is 18.0 Å². The Balaban J connectivity index is 1.83. The predicted octanol–water partition coefficient (Wildman–Crippen LogP) is 5.03. The molecule has 1 fully saturated rings. The monoisotopic (exact) mass is 390 g/mol. The van der Waals surface area contributed by atoms with Crippen LogP contribution in [0.1, 0.15) is 18.4 Å². The molecule has 0 N–H and O–H groups in total. The summed E-state index contributed by atoms with van der Waals surface area (Å²) in [6, 6.07) is 3.40. The molecular formula is C16H14ClF3N2O2S. The summed E-state index contributed by atoms with van der Waals surface area (Å²) >= 11 is 6.70. The topological polar surface area (TPSA) is 42.4 Å². The third kappa shape index (κ3) is 4.24. The summed E-state index contributed by atoms with van der Waals surface area (Å²) in [6.45, 7) is 0.917. The first-order valence-corrected chi connectivity index (χ1v) is 8.82. The van der Waals surface area contributed by atoms with Crippen molar-refractivity contribution in [2.75, 3.05) is 13.1 Å². The van der Waals surface area contributed by atoms with E-state index in [4.69, 9.17) is 16.3 Å². The average molecular weight is 391 g/mol. The van der Waals surface area contributed by atoms with Gasteiger partial charge in [0.25, 0.3) is 0 Å². The molecule has 1 aliphatic rings. The minimum atomic E-state index is -4.43. The second-order valence-corrected chi connectivity index (χ2v) is 6.82. The van der Waals surface area contributed by atoms with E-state index >= 15 is 0 Å². The van der Waals surface area contributed by atoms with Gasteiger partial charge in [0.15, 0.2) is 0 Å². The van der Waals surface area contributed by atoms with Gasteiger partial charge in [0.05, 0.1) is 11.1 Å². The second kappa shape index (κ2) is 7.21. The molecule has 4 nitrogen and oxygen atoms in total. The van der Waals surface area contributed by atoms with Crippen molar-refractivity contribution in [2.24, 2.45) is 0 Å². The van der Waals surface area contributed by atoms with Crippen molar-refractivity contribution >= 4 is 28.3 Å². The number of nitrogens with zero attached hydrogens (tertiary/aromatic N) is 2. The van der Waals surface area contributed by atoms with Crippen LogP contribution in [-0.2, 0) is 6.18 Å². The van der Waals surface area contributed by atoms with Crippen molar-refractivity contribution in [3.8, 4) is 16.3 Å². The third-order valence-electron chi connectivity index (χ3n) is 3.95. The number of rotatable bonds is 3. The minimum Gasteiger partial charge on any atom is -0.490 e. The molecule has 1 aliphatic heterocycles. The van der Waals surface area contributed by atoms with Gasteiger partial charge in [0.2, 0.25) is 0 Å². The zero-order valence-electron chi connectivity index (χ0n) is 12.9. The molecule has 1 aromatic carbocycles. The molecule has 0 aliphatic carbocycles. The second-order valence-electron chi connectivity index (χ2n) is 5.60. The van der Waals surface area contributed by atoms with E-state index in [0.29, 0.717) is 42.3 Å². The fourth-order valence-electron chi connectivity index (χ4n) is 2.66. The number of alkyl halides is 3. The van der Waals surface area contributed by atoms with Gasteiger partial charge in [0.1, 0.15) is 16.9 Å². The number of likely N-dealkylation sites (tertiary alicyclic amines) is 1. The Hall–Kier alpha value is -1.80. The Kier molecular flexibility index (Phi) is 5.19. The minimum absolute atomic E-state index is 0.192. The molecule has 2 aromatic rings. The van der Waals surface area contributed by atoms with Gasteiger partial charge in [-0.15, -0.1) is 11.3 Å². The SMILES string of the molecule is O=C(Cl)N1CCC(Oc2ccc(C(F)(F)F)cc2-c2nccs2)CC1. The maximum absolute atomic E-state index is 13.0. The lowest BCUT2D eigenvalue weighted by Crippen LogP contribution is -2.39. The number of piperidine rings is 1. The summed E-state index contributed by atoms with van der Waals surface area (Å²) < 4.78 is 45.0. The van der Waals surface area contributed by atoms with E-state index in [1.807, 2.05) is 0 Å². The highest BCUT2D eigenvalue weighted by Gasteiger charge is 2.32. The van der Waals surface area contributed by atoms with Gasteiger partial charge < -0.3 is 9.64 Å². The lowest BCUT2D eigenvalue weighted by Gasteiger charge is -2.31. The molecule has 3 rings (SSSR count). The van der Waals surface area contributed by atoms with Crippen LogP contribution in [0.3, 0.4) is 0 Å². The molecule has 0 unspecified atom stereocenters. The molecule has 0 spiro atoms. The standard InChI is InChI=1S/C16H14ClF3N2O2S/c17-15(23)22-6-3-11(4-7-22)24-13-2-1-10(16(18,19)20)9-12(13)14-21-5-8-25-14/h1-2,5,8-9,11H,3-4,6-7H2. The maximum atomic E-state index is 13.0. The van der Waals surface area contributed by atoms with Crippen LogP contribution in [-0.4, -0.2) is 34.4 Å². The van der Waals surface area contributed by atoms with Crippen LogP contribution in [0.15, 0.2) is 29.8 Å². The molecule has 1 amide bonds. The molecule has 2 heterocycles. The summed E-state index contributed by atoms with van der Waals surface area (Å²) in [5, 5.41) is 1.66. The third-order valence-corrected chi connectivity index (χ3v) is 5.00. The lowest BCUT2D eigenvalue weighted by molar-refractivity contribution is -0.137. The van der Waals surface area contributed by atoms with Gasteiger partial charge in [-0.2, -0.15) is 13.2 Å². The maximum Gasteiger partial charge on any atom is 0.416 e. The highest BCUT2D eigenvalue weighted by molar-refractivity contribution is 7.13. The largest absolute Gasteiger partial charge is 0.490 e. The lowest BCUT2D eigenvalue weighted by atomic mass is 10.1. The molecule has 0 bridgehead atoms. The van der Waals surface area contributed by atoms with Crippen LogP contribution in [0, 0.1) is 0 Å². The predicted molar refractivity (Wildman–Crippen MR) is 89.0 cm³/mol. The van der Waals surface area contributed by atoms with Gasteiger partial charge >= 0.3 is 11.5 Å². The molecule has 0 saturated carbocycles. The van der Waals surface area contributed by atoms with Crippen molar-refractivity contribution in [3.05, 3.63) is 35.3 Å². The number of halogens is 4. The molecule has 0 radical (unpaired) electrons. The highest BCUT2D eigenvalue weighted by Crippen LogP contribution is 2.38. The smallest absolute Gasteiger partial charge is 0.416 e. The van der Waals surface area contributed by atoms with Crippen molar-refractivity contribution in [3.63, 3.8) is 0 Å². The summed E-state index contributed by atoms with van der Waals surface area (Å²) in [6.07, 6.45) is -1.96. The van der Waals surface area contributed by atoms with Crippen LogP contribution in [0.2, 0.25) is 0 Å². The van der Waals surface area contributed by atoms with Gasteiger partial charge in [-0.3, -0.25) is 4.79 Å².